The Labute approximate surface area is 174 Å². The fraction of sp³-hybridized carbons (Fsp3) is 0.381. The van der Waals surface area contributed by atoms with Crippen molar-refractivity contribution >= 4 is 29.9 Å². The monoisotopic (exact) mass is 467 g/mol. The van der Waals surface area contributed by atoms with Gasteiger partial charge in [-0.15, -0.1) is 24.0 Å². The number of benzene rings is 2. The van der Waals surface area contributed by atoms with E-state index in [1.54, 1.807) is 7.05 Å². The third kappa shape index (κ3) is 6.96. The van der Waals surface area contributed by atoms with E-state index in [1.807, 2.05) is 30.3 Å². The van der Waals surface area contributed by atoms with Gasteiger partial charge in [0, 0.05) is 26.1 Å². The quantitative estimate of drug-likeness (QED) is 0.331. The van der Waals surface area contributed by atoms with Crippen LogP contribution >= 0.6 is 24.0 Å². The van der Waals surface area contributed by atoms with Crippen LogP contribution in [0.2, 0.25) is 0 Å². The highest BCUT2D eigenvalue weighted by Crippen LogP contribution is 2.15. The predicted molar refractivity (Wildman–Crippen MR) is 121 cm³/mol. The molecule has 26 heavy (non-hydrogen) atoms. The van der Waals surface area contributed by atoms with Crippen molar-refractivity contribution in [2.24, 2.45) is 4.99 Å². The lowest BCUT2D eigenvalue weighted by Crippen LogP contribution is -2.41. The lowest BCUT2D eigenvalue weighted by molar-refractivity contribution is 0.265. The molecule has 0 aliphatic carbocycles. The fourth-order valence-electron chi connectivity index (χ4n) is 2.72. The second kappa shape index (κ2) is 11.9. The Kier molecular flexibility index (Phi) is 10.3. The lowest BCUT2D eigenvalue weighted by atomic mass is 10.00. The Morgan fingerprint density at radius 1 is 0.962 bits per heavy atom. The maximum Gasteiger partial charge on any atom is 0.191 e. The first-order valence-corrected chi connectivity index (χ1v) is 8.81. The van der Waals surface area contributed by atoms with Gasteiger partial charge in [-0.2, -0.15) is 0 Å². The summed E-state index contributed by atoms with van der Waals surface area (Å²) in [5, 5.41) is 16.3. The van der Waals surface area contributed by atoms with E-state index >= 15 is 0 Å². The van der Waals surface area contributed by atoms with Gasteiger partial charge in [0.25, 0.3) is 0 Å². The number of aliphatic imine (C=N–C) groups is 1. The number of aliphatic hydroxyl groups is 1. The maximum atomic E-state index is 9.65. The van der Waals surface area contributed by atoms with Gasteiger partial charge in [-0.1, -0.05) is 67.1 Å². The van der Waals surface area contributed by atoms with Crippen molar-refractivity contribution in [3.05, 3.63) is 71.3 Å². The fourth-order valence-corrected chi connectivity index (χ4v) is 2.72. The van der Waals surface area contributed by atoms with Crippen LogP contribution in [0.4, 0.5) is 0 Å². The molecule has 0 radical (unpaired) electrons. The number of aliphatic hydroxyl groups excluding tert-OH is 1. The molecule has 2 aromatic rings. The van der Waals surface area contributed by atoms with Gasteiger partial charge in [-0.3, -0.25) is 4.99 Å². The van der Waals surface area contributed by atoms with Crippen molar-refractivity contribution in [1.29, 1.82) is 0 Å². The van der Waals surface area contributed by atoms with E-state index in [0.29, 0.717) is 12.5 Å². The normalized spacial score (nSPS) is 13.5. The molecule has 0 spiro atoms. The van der Waals surface area contributed by atoms with E-state index in [-0.39, 0.29) is 36.5 Å². The predicted octanol–water partition coefficient (Wildman–Crippen LogP) is 3.66. The molecule has 2 unspecified atom stereocenters. The molecule has 5 heteroatoms. The van der Waals surface area contributed by atoms with Crippen LogP contribution in [0.1, 0.15) is 35.4 Å². The van der Waals surface area contributed by atoms with E-state index in [2.05, 4.69) is 53.7 Å². The second-order valence-electron chi connectivity index (χ2n) is 6.44. The molecule has 0 saturated carbocycles. The van der Waals surface area contributed by atoms with Crippen LogP contribution in [0.15, 0.2) is 59.6 Å². The molecular formula is C21H30IN3O. The first kappa shape index (κ1) is 22.4. The molecule has 0 saturated heterocycles. The summed E-state index contributed by atoms with van der Waals surface area (Å²) in [5.74, 6) is 1.20. The average Bonchev–Trinajstić information content (AvgIpc) is 2.65. The Balaban J connectivity index is 0.00000338. The zero-order valence-corrected chi connectivity index (χ0v) is 18.1. The molecule has 0 heterocycles. The van der Waals surface area contributed by atoms with Crippen molar-refractivity contribution in [3.8, 4) is 0 Å². The zero-order valence-electron chi connectivity index (χ0n) is 15.8. The Morgan fingerprint density at radius 3 is 2.15 bits per heavy atom. The molecule has 2 atom stereocenters. The highest BCUT2D eigenvalue weighted by atomic mass is 127. The summed E-state index contributed by atoms with van der Waals surface area (Å²) in [6.45, 7) is 5.85. The first-order valence-electron chi connectivity index (χ1n) is 8.81. The molecule has 0 aromatic heterocycles. The number of hydrogen-bond acceptors (Lipinski definition) is 2. The van der Waals surface area contributed by atoms with Crippen LogP contribution < -0.4 is 10.6 Å². The van der Waals surface area contributed by atoms with Crippen LogP contribution in [-0.4, -0.2) is 37.8 Å². The van der Waals surface area contributed by atoms with Crippen LogP contribution in [0.25, 0.3) is 0 Å². The summed E-state index contributed by atoms with van der Waals surface area (Å²) < 4.78 is 0. The lowest BCUT2D eigenvalue weighted by Gasteiger charge is -2.20. The minimum absolute atomic E-state index is 0. The van der Waals surface area contributed by atoms with Gasteiger partial charge in [0.15, 0.2) is 5.96 Å². The maximum absolute atomic E-state index is 9.65. The van der Waals surface area contributed by atoms with Gasteiger partial charge >= 0.3 is 0 Å². The number of nitrogens with zero attached hydrogens (tertiary/aromatic N) is 1. The van der Waals surface area contributed by atoms with Crippen molar-refractivity contribution in [2.75, 3.05) is 26.7 Å². The summed E-state index contributed by atoms with van der Waals surface area (Å²) in [4.78, 5) is 4.28. The second-order valence-corrected chi connectivity index (χ2v) is 6.44. The largest absolute Gasteiger partial charge is 0.396 e. The topological polar surface area (TPSA) is 56.7 Å². The molecule has 142 valence electrons. The van der Waals surface area contributed by atoms with Crippen LogP contribution in [0.5, 0.6) is 0 Å². The minimum atomic E-state index is 0. The summed E-state index contributed by atoms with van der Waals surface area (Å²) in [5.41, 5.74) is 3.71. The van der Waals surface area contributed by atoms with E-state index in [9.17, 15) is 5.11 Å². The smallest absolute Gasteiger partial charge is 0.191 e. The van der Waals surface area contributed by atoms with Crippen molar-refractivity contribution in [2.45, 2.75) is 25.7 Å². The Hall–Kier alpha value is -1.60. The number of halogens is 1. The van der Waals surface area contributed by atoms with E-state index in [0.717, 1.165) is 18.1 Å². The van der Waals surface area contributed by atoms with Crippen molar-refractivity contribution in [3.63, 3.8) is 0 Å². The Morgan fingerprint density at radius 2 is 1.58 bits per heavy atom. The van der Waals surface area contributed by atoms with Gasteiger partial charge < -0.3 is 15.7 Å². The molecule has 0 aliphatic rings. The molecule has 4 nitrogen and oxygen atoms in total. The van der Waals surface area contributed by atoms with E-state index in [1.165, 1.54) is 11.1 Å². The number of guanidine groups is 1. The van der Waals surface area contributed by atoms with Gasteiger partial charge in [-0.25, -0.2) is 0 Å². The van der Waals surface area contributed by atoms with Crippen LogP contribution in [-0.2, 0) is 0 Å². The third-order valence-electron chi connectivity index (χ3n) is 4.45. The molecule has 0 amide bonds. The average molecular weight is 467 g/mol. The summed E-state index contributed by atoms with van der Waals surface area (Å²) in [6, 6.07) is 18.7. The molecule has 0 aliphatic heterocycles. The van der Waals surface area contributed by atoms with E-state index in [4.69, 9.17) is 0 Å². The van der Waals surface area contributed by atoms with Crippen LogP contribution in [0, 0.1) is 6.92 Å². The SMILES string of the molecule is CN=C(NCC(C)c1ccc(C)cc1)NCC(CO)c1ccccc1.I. The number of nitrogens with one attached hydrogen (secondary N) is 2. The summed E-state index contributed by atoms with van der Waals surface area (Å²) in [6.07, 6.45) is 0. The molecule has 2 aromatic carbocycles. The van der Waals surface area contributed by atoms with Gasteiger partial charge in [-0.05, 0) is 24.0 Å². The first-order chi connectivity index (χ1) is 12.1. The summed E-state index contributed by atoms with van der Waals surface area (Å²) >= 11 is 0. The van der Waals surface area contributed by atoms with Crippen LogP contribution in [0.3, 0.4) is 0 Å². The molecule has 3 N–H and O–H groups in total. The molecular weight excluding hydrogens is 437 g/mol. The van der Waals surface area contributed by atoms with Crippen molar-refractivity contribution in [1.82, 2.24) is 10.6 Å². The molecule has 0 bridgehead atoms. The highest BCUT2D eigenvalue weighted by Gasteiger charge is 2.11. The van der Waals surface area contributed by atoms with Gasteiger partial charge in [0.05, 0.1) is 6.61 Å². The number of hydrogen-bond donors (Lipinski definition) is 3. The zero-order chi connectivity index (χ0) is 18.1. The van der Waals surface area contributed by atoms with E-state index < -0.39 is 0 Å². The van der Waals surface area contributed by atoms with Gasteiger partial charge in [0.1, 0.15) is 0 Å². The highest BCUT2D eigenvalue weighted by molar-refractivity contribution is 14.0. The third-order valence-corrected chi connectivity index (χ3v) is 4.45. The number of aryl methyl sites for hydroxylation is 1. The standard InChI is InChI=1S/C21H29N3O.HI/c1-16-9-11-18(12-10-16)17(2)13-23-21(22-3)24-14-20(15-25)19-7-5-4-6-8-19;/h4-12,17,20,25H,13-15H2,1-3H3,(H2,22,23,24);1H. The number of rotatable bonds is 7. The minimum Gasteiger partial charge on any atom is -0.396 e. The van der Waals surface area contributed by atoms with Gasteiger partial charge in [0.2, 0.25) is 0 Å². The Bertz CT molecular complexity index is 659. The molecule has 0 fully saturated rings. The van der Waals surface area contributed by atoms with Crippen molar-refractivity contribution < 1.29 is 5.11 Å². The summed E-state index contributed by atoms with van der Waals surface area (Å²) in [7, 11) is 1.77. The molecule has 2 rings (SSSR count).